The standard InChI is InChI=1S/C13H16ClN3O/c1-17-9-10(8-16-17)4-5-18-13-3-2-12(14)6-11(13)7-15/h2-3,6,8-9H,4-5,7,15H2,1H3. The molecule has 0 atom stereocenters. The summed E-state index contributed by atoms with van der Waals surface area (Å²) in [6, 6.07) is 5.49. The fourth-order valence-electron chi connectivity index (χ4n) is 1.73. The van der Waals surface area contributed by atoms with Crippen LogP contribution in [0.3, 0.4) is 0 Å². The van der Waals surface area contributed by atoms with Gasteiger partial charge in [0.25, 0.3) is 0 Å². The molecule has 0 unspecified atom stereocenters. The van der Waals surface area contributed by atoms with Crippen LogP contribution in [-0.4, -0.2) is 16.4 Å². The molecule has 2 rings (SSSR count). The summed E-state index contributed by atoms with van der Waals surface area (Å²) in [6.07, 6.45) is 4.64. The van der Waals surface area contributed by atoms with Crippen LogP contribution in [0.15, 0.2) is 30.6 Å². The maximum Gasteiger partial charge on any atom is 0.123 e. The van der Waals surface area contributed by atoms with E-state index in [0.717, 1.165) is 23.3 Å². The average molecular weight is 266 g/mol. The van der Waals surface area contributed by atoms with E-state index in [2.05, 4.69) is 5.10 Å². The van der Waals surface area contributed by atoms with E-state index in [4.69, 9.17) is 22.1 Å². The highest BCUT2D eigenvalue weighted by Crippen LogP contribution is 2.22. The van der Waals surface area contributed by atoms with Crippen molar-refractivity contribution in [2.75, 3.05) is 6.61 Å². The summed E-state index contributed by atoms with van der Waals surface area (Å²) in [6.45, 7) is 1.02. The Kier molecular flexibility index (Phi) is 4.23. The lowest BCUT2D eigenvalue weighted by Gasteiger charge is -2.10. The zero-order valence-electron chi connectivity index (χ0n) is 10.3. The summed E-state index contributed by atoms with van der Waals surface area (Å²) >= 11 is 5.91. The van der Waals surface area contributed by atoms with Crippen LogP contribution in [-0.2, 0) is 20.0 Å². The minimum absolute atomic E-state index is 0.419. The monoisotopic (exact) mass is 265 g/mol. The third-order valence-corrected chi connectivity index (χ3v) is 2.88. The number of nitrogens with two attached hydrogens (primary N) is 1. The maximum absolute atomic E-state index is 5.91. The highest BCUT2D eigenvalue weighted by molar-refractivity contribution is 6.30. The Morgan fingerprint density at radius 1 is 1.44 bits per heavy atom. The van der Waals surface area contributed by atoms with E-state index in [1.807, 2.05) is 31.6 Å². The highest BCUT2D eigenvalue weighted by Gasteiger charge is 2.04. The van der Waals surface area contributed by atoms with Crippen LogP contribution in [0.5, 0.6) is 5.75 Å². The van der Waals surface area contributed by atoms with E-state index >= 15 is 0 Å². The SMILES string of the molecule is Cn1cc(CCOc2ccc(Cl)cc2CN)cn1. The largest absolute Gasteiger partial charge is 0.493 e. The van der Waals surface area contributed by atoms with Crippen molar-refractivity contribution in [2.24, 2.45) is 12.8 Å². The van der Waals surface area contributed by atoms with Gasteiger partial charge in [0.2, 0.25) is 0 Å². The summed E-state index contributed by atoms with van der Waals surface area (Å²) in [4.78, 5) is 0. The van der Waals surface area contributed by atoms with Gasteiger partial charge in [0.15, 0.2) is 0 Å². The zero-order valence-corrected chi connectivity index (χ0v) is 11.0. The predicted octanol–water partition coefficient (Wildman–Crippen LogP) is 2.15. The van der Waals surface area contributed by atoms with Crippen molar-refractivity contribution in [3.63, 3.8) is 0 Å². The van der Waals surface area contributed by atoms with Crippen LogP contribution in [0.4, 0.5) is 0 Å². The van der Waals surface area contributed by atoms with Gasteiger partial charge in [-0.3, -0.25) is 4.68 Å². The number of benzene rings is 1. The minimum atomic E-state index is 0.419. The molecule has 0 fully saturated rings. The Morgan fingerprint density at radius 2 is 2.28 bits per heavy atom. The van der Waals surface area contributed by atoms with Crippen LogP contribution in [0.25, 0.3) is 0 Å². The van der Waals surface area contributed by atoms with Gasteiger partial charge in [0.05, 0.1) is 12.8 Å². The molecule has 1 heterocycles. The molecular weight excluding hydrogens is 250 g/mol. The molecule has 1 aromatic carbocycles. The summed E-state index contributed by atoms with van der Waals surface area (Å²) in [5.74, 6) is 0.797. The van der Waals surface area contributed by atoms with Gasteiger partial charge >= 0.3 is 0 Å². The lowest BCUT2D eigenvalue weighted by atomic mass is 10.2. The fourth-order valence-corrected chi connectivity index (χ4v) is 1.92. The van der Waals surface area contributed by atoms with Crippen molar-refractivity contribution in [3.05, 3.63) is 46.7 Å². The van der Waals surface area contributed by atoms with E-state index in [-0.39, 0.29) is 0 Å². The molecule has 96 valence electrons. The molecule has 0 aliphatic carbocycles. The van der Waals surface area contributed by atoms with Crippen molar-refractivity contribution in [1.82, 2.24) is 9.78 Å². The Morgan fingerprint density at radius 3 is 2.94 bits per heavy atom. The lowest BCUT2D eigenvalue weighted by Crippen LogP contribution is -2.05. The first-order valence-corrected chi connectivity index (χ1v) is 6.15. The van der Waals surface area contributed by atoms with Gasteiger partial charge in [-0.1, -0.05) is 11.6 Å². The number of ether oxygens (including phenoxy) is 1. The van der Waals surface area contributed by atoms with Gasteiger partial charge in [-0.05, 0) is 23.8 Å². The quantitative estimate of drug-likeness (QED) is 0.901. The van der Waals surface area contributed by atoms with Crippen molar-refractivity contribution in [1.29, 1.82) is 0 Å². The van der Waals surface area contributed by atoms with Crippen molar-refractivity contribution in [3.8, 4) is 5.75 Å². The Hall–Kier alpha value is -1.52. The van der Waals surface area contributed by atoms with Gasteiger partial charge in [0, 0.05) is 36.8 Å². The summed E-state index contributed by atoms with van der Waals surface area (Å²) in [5.41, 5.74) is 7.73. The Labute approximate surface area is 111 Å². The zero-order chi connectivity index (χ0) is 13.0. The maximum atomic E-state index is 5.91. The molecule has 0 amide bonds. The van der Waals surface area contributed by atoms with Gasteiger partial charge in [-0.15, -0.1) is 0 Å². The van der Waals surface area contributed by atoms with Gasteiger partial charge in [-0.2, -0.15) is 5.10 Å². The predicted molar refractivity (Wildman–Crippen MR) is 71.8 cm³/mol. The first kappa shape index (κ1) is 12.9. The van der Waals surface area contributed by atoms with E-state index in [1.165, 1.54) is 0 Å². The number of halogens is 1. The first-order valence-electron chi connectivity index (χ1n) is 5.78. The number of hydrogen-bond acceptors (Lipinski definition) is 3. The number of aromatic nitrogens is 2. The van der Waals surface area contributed by atoms with Gasteiger partial charge in [0.1, 0.15) is 5.75 Å². The number of hydrogen-bond donors (Lipinski definition) is 1. The highest BCUT2D eigenvalue weighted by atomic mass is 35.5. The lowest BCUT2D eigenvalue weighted by molar-refractivity contribution is 0.318. The second-order valence-electron chi connectivity index (χ2n) is 4.08. The minimum Gasteiger partial charge on any atom is -0.493 e. The van der Waals surface area contributed by atoms with Gasteiger partial charge < -0.3 is 10.5 Å². The third-order valence-electron chi connectivity index (χ3n) is 2.65. The Bertz CT molecular complexity index is 525. The number of rotatable bonds is 5. The van der Waals surface area contributed by atoms with E-state index in [9.17, 15) is 0 Å². The molecule has 0 bridgehead atoms. The second-order valence-corrected chi connectivity index (χ2v) is 4.51. The molecule has 5 heteroatoms. The smallest absolute Gasteiger partial charge is 0.123 e. The molecule has 4 nitrogen and oxygen atoms in total. The normalized spacial score (nSPS) is 10.6. The van der Waals surface area contributed by atoms with Crippen LogP contribution >= 0.6 is 11.6 Å². The van der Waals surface area contributed by atoms with E-state index in [0.29, 0.717) is 18.2 Å². The first-order chi connectivity index (χ1) is 8.69. The molecule has 0 saturated carbocycles. The molecule has 18 heavy (non-hydrogen) atoms. The molecule has 2 N–H and O–H groups in total. The molecule has 1 aromatic heterocycles. The molecule has 2 aromatic rings. The molecule has 0 radical (unpaired) electrons. The van der Waals surface area contributed by atoms with Crippen LogP contribution in [0.1, 0.15) is 11.1 Å². The molecule has 0 aliphatic rings. The van der Waals surface area contributed by atoms with Crippen LogP contribution in [0, 0.1) is 0 Å². The average Bonchev–Trinajstić information content (AvgIpc) is 2.77. The fraction of sp³-hybridized carbons (Fsp3) is 0.308. The second kappa shape index (κ2) is 5.89. The van der Waals surface area contributed by atoms with Crippen molar-refractivity contribution < 1.29 is 4.74 Å². The summed E-state index contributed by atoms with van der Waals surface area (Å²) in [5, 5.41) is 4.79. The van der Waals surface area contributed by atoms with Crippen LogP contribution < -0.4 is 10.5 Å². The van der Waals surface area contributed by atoms with Crippen LogP contribution in [0.2, 0.25) is 5.02 Å². The number of aryl methyl sites for hydroxylation is 1. The van der Waals surface area contributed by atoms with Crippen molar-refractivity contribution >= 4 is 11.6 Å². The molecule has 0 spiro atoms. The summed E-state index contributed by atoms with van der Waals surface area (Å²) in [7, 11) is 1.90. The number of nitrogens with zero attached hydrogens (tertiary/aromatic N) is 2. The van der Waals surface area contributed by atoms with E-state index in [1.54, 1.807) is 10.7 Å². The topological polar surface area (TPSA) is 53.1 Å². The summed E-state index contributed by atoms with van der Waals surface area (Å²) < 4.78 is 7.50. The Balaban J connectivity index is 1.94. The van der Waals surface area contributed by atoms with E-state index < -0.39 is 0 Å². The molecule has 0 aliphatic heterocycles. The third kappa shape index (κ3) is 3.24. The molecular formula is C13H16ClN3O. The van der Waals surface area contributed by atoms with Gasteiger partial charge in [-0.25, -0.2) is 0 Å². The van der Waals surface area contributed by atoms with Crippen molar-refractivity contribution in [2.45, 2.75) is 13.0 Å². The molecule has 0 saturated heterocycles.